The van der Waals surface area contributed by atoms with E-state index < -0.39 is 11.4 Å². The van der Waals surface area contributed by atoms with Gasteiger partial charge in [0, 0.05) is 23.7 Å². The van der Waals surface area contributed by atoms with E-state index >= 15 is 0 Å². The van der Waals surface area contributed by atoms with Crippen molar-refractivity contribution in [3.63, 3.8) is 0 Å². The zero-order chi connectivity index (χ0) is 28.4. The zero-order valence-corrected chi connectivity index (χ0v) is 22.3. The lowest BCUT2D eigenvalue weighted by molar-refractivity contribution is 0.0906. The molecule has 0 atom stereocenters. The van der Waals surface area contributed by atoms with Crippen molar-refractivity contribution in [2.75, 3.05) is 7.05 Å². The predicted octanol–water partition coefficient (Wildman–Crippen LogP) is 5.74. The molecular formula is C30H26FN5O4. The summed E-state index contributed by atoms with van der Waals surface area (Å²) < 4.78 is 24.5. The van der Waals surface area contributed by atoms with Crippen LogP contribution in [0.2, 0.25) is 0 Å². The van der Waals surface area contributed by atoms with Gasteiger partial charge < -0.3 is 19.6 Å². The molecule has 10 heteroatoms. The van der Waals surface area contributed by atoms with Crippen LogP contribution in [0.4, 0.5) is 4.39 Å². The molecule has 202 valence electrons. The number of amides is 2. The summed E-state index contributed by atoms with van der Waals surface area (Å²) in [7, 11) is 1.52. The number of allylic oxidation sites excluding steroid dienone is 1. The second-order valence-electron chi connectivity index (χ2n) is 9.58. The van der Waals surface area contributed by atoms with Crippen LogP contribution in [0.15, 0.2) is 76.0 Å². The minimum absolute atomic E-state index is 0.255. The number of aromatic nitrogens is 3. The van der Waals surface area contributed by atoms with Crippen LogP contribution >= 0.6 is 0 Å². The van der Waals surface area contributed by atoms with Crippen molar-refractivity contribution < 1.29 is 22.9 Å². The van der Waals surface area contributed by atoms with Gasteiger partial charge in [0.05, 0.1) is 22.2 Å². The van der Waals surface area contributed by atoms with Gasteiger partial charge in [-0.3, -0.25) is 9.59 Å². The lowest BCUT2D eigenvalue weighted by Crippen LogP contribution is -2.41. The molecule has 3 heterocycles. The molecule has 2 aromatic carbocycles. The van der Waals surface area contributed by atoms with Crippen LogP contribution in [-0.2, 0) is 5.54 Å². The molecule has 9 nitrogen and oxygen atoms in total. The average Bonchev–Trinajstić information content (AvgIpc) is 3.62. The lowest BCUT2D eigenvalue weighted by Gasteiger charge is -2.22. The Hall–Kier alpha value is -5.12. The number of nitrogens with one attached hydrogen (secondary N) is 2. The van der Waals surface area contributed by atoms with Gasteiger partial charge in [-0.2, -0.15) is 4.98 Å². The van der Waals surface area contributed by atoms with E-state index in [0.29, 0.717) is 39.2 Å². The van der Waals surface area contributed by atoms with Crippen LogP contribution in [0.5, 0.6) is 0 Å². The zero-order valence-electron chi connectivity index (χ0n) is 22.3. The average molecular weight is 540 g/mol. The number of fused-ring (bicyclic) bond motifs is 1. The molecule has 0 aliphatic carbocycles. The molecule has 5 rings (SSSR count). The van der Waals surface area contributed by atoms with Gasteiger partial charge in [-0.05, 0) is 74.9 Å². The second kappa shape index (κ2) is 10.6. The maximum atomic E-state index is 13.6. The van der Waals surface area contributed by atoms with E-state index in [1.165, 1.54) is 25.6 Å². The third-order valence-electron chi connectivity index (χ3n) is 6.38. The SMILES string of the molecule is C/C=C/c1nc2oc(-c3ccc(F)cc3)c(C(=O)NC)c2cc1-c1cccc(C(=O)NC(C)(C)c2ncon2)c1. The van der Waals surface area contributed by atoms with E-state index in [9.17, 15) is 14.0 Å². The van der Waals surface area contributed by atoms with Gasteiger partial charge in [0.25, 0.3) is 11.8 Å². The lowest BCUT2D eigenvalue weighted by atomic mass is 9.97. The summed E-state index contributed by atoms with van der Waals surface area (Å²) in [5.41, 5.74) is 2.59. The first-order valence-electron chi connectivity index (χ1n) is 12.5. The summed E-state index contributed by atoms with van der Waals surface area (Å²) in [6.45, 7) is 5.42. The highest BCUT2D eigenvalue weighted by Gasteiger charge is 2.28. The molecule has 0 aliphatic heterocycles. The van der Waals surface area contributed by atoms with E-state index in [0.717, 1.165) is 0 Å². The summed E-state index contributed by atoms with van der Waals surface area (Å²) >= 11 is 0. The van der Waals surface area contributed by atoms with Crippen molar-refractivity contribution in [1.82, 2.24) is 25.8 Å². The molecule has 40 heavy (non-hydrogen) atoms. The topological polar surface area (TPSA) is 123 Å². The Morgan fingerprint density at radius 3 is 2.48 bits per heavy atom. The number of carbonyl (C=O) groups is 2. The van der Waals surface area contributed by atoms with Crippen LogP contribution in [0.3, 0.4) is 0 Å². The first-order chi connectivity index (χ1) is 19.2. The molecule has 0 aliphatic rings. The first kappa shape index (κ1) is 26.5. The standard InChI is InChI=1S/C30H26FN5O4/c1-5-7-23-21(18-8-6-9-19(14-18)26(37)35-30(2,3)29-33-16-39-36-29)15-22-24(27(38)32-4)25(40-28(22)34-23)17-10-12-20(31)13-11-17/h5-16H,1-4H3,(H,32,38)(H,35,37)/b7-5+. The largest absolute Gasteiger partial charge is 0.437 e. The monoisotopic (exact) mass is 539 g/mol. The molecule has 3 aromatic heterocycles. The predicted molar refractivity (Wildman–Crippen MR) is 148 cm³/mol. The Balaban J connectivity index is 1.62. The minimum atomic E-state index is -0.868. The molecule has 0 saturated heterocycles. The highest BCUT2D eigenvalue weighted by atomic mass is 19.1. The Bertz CT molecular complexity index is 1740. The Morgan fingerprint density at radius 1 is 1.02 bits per heavy atom. The molecule has 0 radical (unpaired) electrons. The molecular weight excluding hydrogens is 513 g/mol. The van der Waals surface area contributed by atoms with E-state index in [1.54, 1.807) is 44.2 Å². The second-order valence-corrected chi connectivity index (χ2v) is 9.58. The summed E-state index contributed by atoms with van der Waals surface area (Å²) in [5, 5.41) is 9.91. The summed E-state index contributed by atoms with van der Waals surface area (Å²) in [6, 6.07) is 14.6. The van der Waals surface area contributed by atoms with Gasteiger partial charge in [0.1, 0.15) is 11.6 Å². The molecule has 5 aromatic rings. The highest BCUT2D eigenvalue weighted by Crippen LogP contribution is 2.37. The quantitative estimate of drug-likeness (QED) is 0.270. The fraction of sp³-hybridized carbons (Fsp3) is 0.167. The van der Waals surface area contributed by atoms with Crippen LogP contribution in [0.25, 0.3) is 39.6 Å². The van der Waals surface area contributed by atoms with E-state index in [2.05, 4.69) is 20.8 Å². The van der Waals surface area contributed by atoms with E-state index in [-0.39, 0.29) is 28.9 Å². The fourth-order valence-corrected chi connectivity index (χ4v) is 4.39. The fourth-order valence-electron chi connectivity index (χ4n) is 4.39. The number of furan rings is 1. The summed E-state index contributed by atoms with van der Waals surface area (Å²) in [5.74, 6) is -0.475. The number of pyridine rings is 1. The Labute approximate surface area is 229 Å². The van der Waals surface area contributed by atoms with Gasteiger partial charge in [0.15, 0.2) is 5.82 Å². The van der Waals surface area contributed by atoms with Gasteiger partial charge in [-0.1, -0.05) is 23.4 Å². The molecule has 0 fully saturated rings. The highest BCUT2D eigenvalue weighted by molar-refractivity contribution is 6.11. The normalized spacial score (nSPS) is 11.7. The van der Waals surface area contributed by atoms with Crippen molar-refractivity contribution >= 4 is 29.0 Å². The van der Waals surface area contributed by atoms with Crippen molar-refractivity contribution in [2.45, 2.75) is 26.3 Å². The number of benzene rings is 2. The molecule has 2 amide bonds. The molecule has 0 saturated carbocycles. The van der Waals surface area contributed by atoms with E-state index in [1.807, 2.05) is 31.2 Å². The van der Waals surface area contributed by atoms with Crippen LogP contribution in [-0.4, -0.2) is 34.0 Å². The van der Waals surface area contributed by atoms with Gasteiger partial charge in [-0.25, -0.2) is 9.37 Å². The molecule has 0 spiro atoms. The van der Waals surface area contributed by atoms with Crippen molar-refractivity contribution in [1.29, 1.82) is 0 Å². The van der Waals surface area contributed by atoms with Crippen molar-refractivity contribution in [3.05, 3.63) is 95.5 Å². The van der Waals surface area contributed by atoms with Crippen molar-refractivity contribution in [2.24, 2.45) is 0 Å². The Kier molecular flexibility index (Phi) is 7.00. The van der Waals surface area contributed by atoms with Gasteiger partial charge in [0.2, 0.25) is 12.1 Å². The molecule has 0 unspecified atom stereocenters. The smallest absolute Gasteiger partial charge is 0.255 e. The summed E-state index contributed by atoms with van der Waals surface area (Å²) in [4.78, 5) is 35.0. The van der Waals surface area contributed by atoms with Crippen LogP contribution in [0.1, 0.15) is 53.0 Å². The third-order valence-corrected chi connectivity index (χ3v) is 6.38. The number of halogens is 1. The van der Waals surface area contributed by atoms with Gasteiger partial charge in [-0.15, -0.1) is 0 Å². The molecule has 0 bridgehead atoms. The molecule has 2 N–H and O–H groups in total. The summed E-state index contributed by atoms with van der Waals surface area (Å²) in [6.07, 6.45) is 4.87. The van der Waals surface area contributed by atoms with Crippen molar-refractivity contribution in [3.8, 4) is 22.5 Å². The van der Waals surface area contributed by atoms with Crippen LogP contribution < -0.4 is 10.6 Å². The Morgan fingerprint density at radius 2 is 1.80 bits per heavy atom. The number of hydrogen-bond acceptors (Lipinski definition) is 7. The maximum absolute atomic E-state index is 13.6. The first-order valence-corrected chi connectivity index (χ1v) is 12.5. The van der Waals surface area contributed by atoms with Crippen LogP contribution in [0, 0.1) is 5.82 Å². The minimum Gasteiger partial charge on any atom is -0.437 e. The maximum Gasteiger partial charge on any atom is 0.255 e. The number of rotatable bonds is 7. The van der Waals surface area contributed by atoms with E-state index in [4.69, 9.17) is 13.9 Å². The van der Waals surface area contributed by atoms with Gasteiger partial charge >= 0.3 is 0 Å². The number of nitrogens with zero attached hydrogens (tertiary/aromatic N) is 3. The third kappa shape index (κ3) is 4.98. The number of hydrogen-bond donors (Lipinski definition) is 2. The number of carbonyl (C=O) groups excluding carboxylic acids is 2.